The van der Waals surface area contributed by atoms with Crippen LogP contribution in [0.3, 0.4) is 0 Å². The van der Waals surface area contributed by atoms with Gasteiger partial charge in [-0.05, 0) is 19.3 Å². The van der Waals surface area contributed by atoms with Gasteiger partial charge in [-0.15, -0.1) is 0 Å². The van der Waals surface area contributed by atoms with Crippen molar-refractivity contribution in [1.82, 2.24) is 5.32 Å². The maximum Gasteiger partial charge on any atom is 0.373 e. The average Bonchev–Trinajstić information content (AvgIpc) is 2.42. The molecular weight excluding hydrogens is 309 g/mol. The minimum absolute atomic E-state index is 0.0146. The number of rotatable bonds is 12. The molecule has 0 bridgehead atoms. The highest BCUT2D eigenvalue weighted by atomic mass is 31.2. The van der Waals surface area contributed by atoms with Crippen molar-refractivity contribution in [3.63, 3.8) is 0 Å². The summed E-state index contributed by atoms with van der Waals surface area (Å²) in [7, 11) is -3.90. The van der Waals surface area contributed by atoms with E-state index in [1.165, 1.54) is 25.7 Å². The van der Waals surface area contributed by atoms with Gasteiger partial charge in [0.1, 0.15) is 0 Å². The van der Waals surface area contributed by atoms with E-state index in [2.05, 4.69) is 12.2 Å². The van der Waals surface area contributed by atoms with Gasteiger partial charge in [-0.1, -0.05) is 39.0 Å². The van der Waals surface area contributed by atoms with Crippen LogP contribution in [0.5, 0.6) is 0 Å². The molecule has 0 aromatic carbocycles. The van der Waals surface area contributed by atoms with Gasteiger partial charge in [-0.25, -0.2) is 0 Å². The smallest absolute Gasteiger partial charge is 0.356 e. The van der Waals surface area contributed by atoms with Crippen LogP contribution in [0.25, 0.3) is 0 Å². The molecule has 0 aliphatic rings. The van der Waals surface area contributed by atoms with E-state index in [9.17, 15) is 9.36 Å². The van der Waals surface area contributed by atoms with Crippen LogP contribution in [-0.2, 0) is 18.9 Å². The minimum Gasteiger partial charge on any atom is -0.356 e. The molecular formula is C14H28NO6P. The molecule has 0 aliphatic heterocycles. The van der Waals surface area contributed by atoms with E-state index in [1.807, 2.05) is 0 Å². The van der Waals surface area contributed by atoms with E-state index in [4.69, 9.17) is 19.4 Å². The summed E-state index contributed by atoms with van der Waals surface area (Å²) in [4.78, 5) is 45.0. The molecule has 130 valence electrons. The number of hydrogen-bond acceptors (Lipinski definition) is 4. The second-order valence-corrected chi connectivity index (χ2v) is 6.82. The Labute approximate surface area is 132 Å². The Hall–Kier alpha value is -1.00. The highest BCUT2D eigenvalue weighted by Gasteiger charge is 2.11. The first-order chi connectivity index (χ1) is 10.4. The summed E-state index contributed by atoms with van der Waals surface area (Å²) in [5, 5.41) is 2.84. The first-order valence-electron chi connectivity index (χ1n) is 7.68. The molecule has 1 amide bonds. The fourth-order valence-corrected chi connectivity index (χ4v) is 2.46. The molecule has 0 saturated carbocycles. The molecule has 7 nitrogen and oxygen atoms in total. The van der Waals surface area contributed by atoms with Crippen molar-refractivity contribution in [2.45, 2.75) is 64.7 Å². The van der Waals surface area contributed by atoms with Gasteiger partial charge in [-0.2, -0.15) is 9.59 Å². The van der Waals surface area contributed by atoms with Crippen molar-refractivity contribution < 1.29 is 28.7 Å². The van der Waals surface area contributed by atoms with Gasteiger partial charge in [0.05, 0.1) is 0 Å². The Morgan fingerprint density at radius 3 is 2.09 bits per heavy atom. The summed E-state index contributed by atoms with van der Waals surface area (Å²) in [6.45, 7) is 2.90. The van der Waals surface area contributed by atoms with E-state index in [1.54, 1.807) is 0 Å². The molecule has 8 heteroatoms. The van der Waals surface area contributed by atoms with Gasteiger partial charge in [0, 0.05) is 19.1 Å². The van der Waals surface area contributed by atoms with Gasteiger partial charge in [0.25, 0.3) is 0 Å². The Kier molecular flexibility index (Phi) is 17.3. The quantitative estimate of drug-likeness (QED) is 0.371. The maximum absolute atomic E-state index is 11.4. The van der Waals surface area contributed by atoms with E-state index >= 15 is 0 Å². The van der Waals surface area contributed by atoms with Crippen LogP contribution in [0.2, 0.25) is 0 Å². The van der Waals surface area contributed by atoms with E-state index < -0.39 is 7.60 Å². The highest BCUT2D eigenvalue weighted by molar-refractivity contribution is 7.51. The summed E-state index contributed by atoms with van der Waals surface area (Å²) in [5.74, 6) is -0.0146. The summed E-state index contributed by atoms with van der Waals surface area (Å²) in [5.41, 5.74) is 0. The zero-order chi connectivity index (χ0) is 17.3. The van der Waals surface area contributed by atoms with Crippen molar-refractivity contribution in [3.05, 3.63) is 0 Å². The van der Waals surface area contributed by atoms with Crippen molar-refractivity contribution in [1.29, 1.82) is 0 Å². The lowest BCUT2D eigenvalue weighted by molar-refractivity contribution is -0.191. The summed E-state index contributed by atoms with van der Waals surface area (Å²) in [6.07, 6.45) is 8.60. The van der Waals surface area contributed by atoms with Gasteiger partial charge in [0.2, 0.25) is 5.91 Å². The fourth-order valence-electron chi connectivity index (χ4n) is 1.82. The third-order valence-corrected chi connectivity index (χ3v) is 3.85. The van der Waals surface area contributed by atoms with Crippen LogP contribution in [-0.4, -0.2) is 34.6 Å². The topological polar surface area (TPSA) is 121 Å². The van der Waals surface area contributed by atoms with Gasteiger partial charge in [-0.3, -0.25) is 9.36 Å². The summed E-state index contributed by atoms with van der Waals surface area (Å²) < 4.78 is 10.6. The first-order valence-corrected chi connectivity index (χ1v) is 9.47. The third kappa shape index (κ3) is 24.0. The molecule has 22 heavy (non-hydrogen) atoms. The average molecular weight is 337 g/mol. The molecule has 0 spiro atoms. The second kappa shape index (κ2) is 16.4. The van der Waals surface area contributed by atoms with Crippen LogP contribution in [0.4, 0.5) is 0 Å². The molecule has 0 radical (unpaired) electrons. The molecule has 3 N–H and O–H groups in total. The van der Waals surface area contributed by atoms with Gasteiger partial charge in [0.15, 0.2) is 0 Å². The lowest BCUT2D eigenvalue weighted by atomic mass is 10.1. The Balaban J connectivity index is 0. The Morgan fingerprint density at radius 1 is 1.00 bits per heavy atom. The molecule has 0 atom stereocenters. The molecule has 0 aromatic rings. The fraction of sp³-hybridized carbons (Fsp3) is 0.857. The van der Waals surface area contributed by atoms with Crippen LogP contribution in [0, 0.1) is 0 Å². The number of nitrogens with one attached hydrogen (secondary N) is 1. The minimum atomic E-state index is -3.90. The van der Waals surface area contributed by atoms with Crippen LogP contribution >= 0.6 is 7.60 Å². The predicted octanol–water partition coefficient (Wildman–Crippen LogP) is 2.23. The van der Waals surface area contributed by atoms with Crippen LogP contribution in [0.15, 0.2) is 0 Å². The summed E-state index contributed by atoms with van der Waals surface area (Å²) >= 11 is 0. The molecule has 0 aromatic heterocycles. The second-order valence-electron chi connectivity index (χ2n) is 5.05. The van der Waals surface area contributed by atoms with Crippen molar-refractivity contribution >= 4 is 19.7 Å². The first kappa shape index (κ1) is 23.3. The SMILES string of the molecule is CCCCCCCCNC(=O)CCCCP(=O)(O)O.O=C=O. The van der Waals surface area contributed by atoms with E-state index in [0.717, 1.165) is 12.8 Å². The normalized spacial score (nSPS) is 10.3. The largest absolute Gasteiger partial charge is 0.373 e. The molecule has 0 fully saturated rings. The number of carbonyl (C=O) groups excluding carboxylic acids is 3. The van der Waals surface area contributed by atoms with Crippen molar-refractivity contribution in [2.24, 2.45) is 0 Å². The van der Waals surface area contributed by atoms with Crippen LogP contribution < -0.4 is 5.32 Å². The lowest BCUT2D eigenvalue weighted by Gasteiger charge is -2.06. The number of amides is 1. The molecule has 0 heterocycles. The maximum atomic E-state index is 11.4. The zero-order valence-electron chi connectivity index (χ0n) is 13.3. The lowest BCUT2D eigenvalue weighted by Crippen LogP contribution is -2.24. The van der Waals surface area contributed by atoms with E-state index in [-0.39, 0.29) is 18.2 Å². The molecule has 0 aliphatic carbocycles. The standard InChI is InChI=1S/C13H28NO4P.CO2/c1-2-3-4-5-6-8-11-14-13(15)10-7-9-12-19(16,17)18;2-1-3/h2-12H2,1H3,(H,14,15)(H2,16,17,18);. The number of carbonyl (C=O) groups is 1. The van der Waals surface area contributed by atoms with E-state index in [0.29, 0.717) is 25.8 Å². The highest BCUT2D eigenvalue weighted by Crippen LogP contribution is 2.35. The Morgan fingerprint density at radius 2 is 1.55 bits per heavy atom. The van der Waals surface area contributed by atoms with Gasteiger partial charge < -0.3 is 15.1 Å². The number of hydrogen-bond donors (Lipinski definition) is 3. The zero-order valence-corrected chi connectivity index (χ0v) is 14.1. The van der Waals surface area contributed by atoms with Crippen LogP contribution in [0.1, 0.15) is 64.7 Å². The summed E-state index contributed by atoms with van der Waals surface area (Å²) in [6, 6.07) is 0. The molecule has 0 unspecified atom stereocenters. The third-order valence-electron chi connectivity index (χ3n) is 2.96. The predicted molar refractivity (Wildman–Crippen MR) is 82.2 cm³/mol. The molecule has 0 rings (SSSR count). The molecule has 0 saturated heterocycles. The van der Waals surface area contributed by atoms with Gasteiger partial charge >= 0.3 is 13.7 Å². The van der Waals surface area contributed by atoms with Crippen molar-refractivity contribution in [2.75, 3.05) is 12.7 Å². The Bertz CT molecular complexity index is 349. The van der Waals surface area contributed by atoms with Crippen molar-refractivity contribution in [3.8, 4) is 0 Å². The number of unbranched alkanes of at least 4 members (excludes halogenated alkanes) is 6. The monoisotopic (exact) mass is 337 g/mol.